The van der Waals surface area contributed by atoms with E-state index in [1.807, 2.05) is 6.92 Å². The molecule has 9 nitrogen and oxygen atoms in total. The Balaban J connectivity index is 1.93. The molecule has 0 spiro atoms. The highest BCUT2D eigenvalue weighted by molar-refractivity contribution is 7.20. The van der Waals surface area contributed by atoms with Gasteiger partial charge in [-0.25, -0.2) is 9.78 Å². The van der Waals surface area contributed by atoms with Gasteiger partial charge in [-0.2, -0.15) is 0 Å². The zero-order valence-electron chi connectivity index (χ0n) is 15.8. The van der Waals surface area contributed by atoms with Gasteiger partial charge in [-0.1, -0.05) is 18.3 Å². The van der Waals surface area contributed by atoms with E-state index in [-0.39, 0.29) is 12.2 Å². The van der Waals surface area contributed by atoms with Crippen molar-refractivity contribution in [2.24, 2.45) is 0 Å². The lowest BCUT2D eigenvalue weighted by Gasteiger charge is -2.13. The summed E-state index contributed by atoms with van der Waals surface area (Å²) in [4.78, 5) is 42.6. The summed E-state index contributed by atoms with van der Waals surface area (Å²) in [5.41, 5.74) is 0.123. The quantitative estimate of drug-likeness (QED) is 0.608. The van der Waals surface area contributed by atoms with Crippen molar-refractivity contribution in [2.45, 2.75) is 40.2 Å². The van der Waals surface area contributed by atoms with Gasteiger partial charge in [0, 0.05) is 0 Å². The number of thiophene rings is 1. The molecular weight excluding hydrogens is 402 g/mol. The molecule has 0 radical (unpaired) electrons. The van der Waals surface area contributed by atoms with E-state index in [0.717, 1.165) is 22.8 Å². The summed E-state index contributed by atoms with van der Waals surface area (Å²) in [6.45, 7) is 7.18. The first kappa shape index (κ1) is 20.1. The Morgan fingerprint density at radius 2 is 2.04 bits per heavy atom. The van der Waals surface area contributed by atoms with E-state index in [2.05, 4.69) is 20.5 Å². The van der Waals surface area contributed by atoms with Crippen LogP contribution in [0.15, 0.2) is 11.1 Å². The van der Waals surface area contributed by atoms with Crippen LogP contribution < -0.4 is 10.9 Å². The Bertz CT molecular complexity index is 1100. The Labute approximate surface area is 168 Å². The second kappa shape index (κ2) is 8.15. The summed E-state index contributed by atoms with van der Waals surface area (Å²) in [5.74, 6) is -0.886. The van der Waals surface area contributed by atoms with E-state index in [1.165, 1.54) is 22.2 Å². The van der Waals surface area contributed by atoms with Gasteiger partial charge >= 0.3 is 5.97 Å². The Morgan fingerprint density at radius 1 is 1.29 bits per heavy atom. The molecule has 11 heteroatoms. The van der Waals surface area contributed by atoms with Crippen molar-refractivity contribution in [1.29, 1.82) is 0 Å². The minimum atomic E-state index is -0.816. The van der Waals surface area contributed by atoms with E-state index in [4.69, 9.17) is 4.74 Å². The molecule has 28 heavy (non-hydrogen) atoms. The smallest absolute Gasteiger partial charge is 0.348 e. The number of nitrogens with one attached hydrogen (secondary N) is 1. The van der Waals surface area contributed by atoms with Gasteiger partial charge in [0.15, 0.2) is 0 Å². The molecule has 1 atom stereocenters. The zero-order valence-corrected chi connectivity index (χ0v) is 17.4. The van der Waals surface area contributed by atoms with Crippen molar-refractivity contribution >= 4 is 49.9 Å². The second-order valence-electron chi connectivity index (χ2n) is 5.93. The van der Waals surface area contributed by atoms with Crippen LogP contribution in [-0.4, -0.2) is 38.2 Å². The van der Waals surface area contributed by atoms with Gasteiger partial charge in [0.2, 0.25) is 11.0 Å². The molecule has 1 unspecified atom stereocenters. The van der Waals surface area contributed by atoms with Gasteiger partial charge in [-0.3, -0.25) is 19.5 Å². The van der Waals surface area contributed by atoms with E-state index < -0.39 is 17.9 Å². The van der Waals surface area contributed by atoms with Crippen molar-refractivity contribution in [3.63, 3.8) is 0 Å². The van der Waals surface area contributed by atoms with Crippen LogP contribution in [0.3, 0.4) is 0 Å². The molecule has 1 amide bonds. The predicted octanol–water partition coefficient (Wildman–Crippen LogP) is 2.56. The molecule has 3 aromatic rings. The maximum Gasteiger partial charge on any atom is 0.348 e. The number of esters is 1. The maximum absolute atomic E-state index is 13.0. The van der Waals surface area contributed by atoms with Crippen LogP contribution in [0.2, 0.25) is 0 Å². The molecule has 1 N–H and O–H groups in total. The van der Waals surface area contributed by atoms with Crippen LogP contribution in [0.1, 0.15) is 47.1 Å². The number of fused-ring (bicyclic) bond motifs is 1. The molecule has 0 fully saturated rings. The summed E-state index contributed by atoms with van der Waals surface area (Å²) in [6, 6.07) is -0.816. The third-order valence-electron chi connectivity index (χ3n) is 4.13. The van der Waals surface area contributed by atoms with Gasteiger partial charge in [0.25, 0.3) is 5.56 Å². The molecule has 3 rings (SSSR count). The first-order valence-electron chi connectivity index (χ1n) is 8.67. The fourth-order valence-corrected chi connectivity index (χ4v) is 4.30. The van der Waals surface area contributed by atoms with Crippen molar-refractivity contribution < 1.29 is 14.3 Å². The van der Waals surface area contributed by atoms with Crippen molar-refractivity contribution in [3.05, 3.63) is 32.1 Å². The van der Waals surface area contributed by atoms with Crippen LogP contribution >= 0.6 is 22.7 Å². The summed E-state index contributed by atoms with van der Waals surface area (Å²) in [5, 5.41) is 12.0. The number of ether oxygens (including phenoxy) is 1. The lowest BCUT2D eigenvalue weighted by molar-refractivity contribution is -0.118. The third kappa shape index (κ3) is 3.67. The Hall–Kier alpha value is -2.66. The average Bonchev–Trinajstić information content (AvgIpc) is 3.26. The monoisotopic (exact) mass is 421 g/mol. The van der Waals surface area contributed by atoms with E-state index in [9.17, 15) is 14.4 Å². The van der Waals surface area contributed by atoms with Crippen LogP contribution in [0.4, 0.5) is 5.13 Å². The summed E-state index contributed by atoms with van der Waals surface area (Å²) in [6.07, 6.45) is 2.04. The van der Waals surface area contributed by atoms with Crippen LogP contribution in [0.5, 0.6) is 0 Å². The number of carbonyl (C=O) groups excluding carboxylic acids is 2. The average molecular weight is 422 g/mol. The largest absolute Gasteiger partial charge is 0.462 e. The van der Waals surface area contributed by atoms with Gasteiger partial charge in [0.1, 0.15) is 20.8 Å². The number of nitrogens with zero attached hydrogens (tertiary/aromatic N) is 4. The maximum atomic E-state index is 13.0. The second-order valence-corrected chi connectivity index (χ2v) is 7.99. The van der Waals surface area contributed by atoms with Crippen molar-refractivity contribution in [2.75, 3.05) is 11.9 Å². The van der Waals surface area contributed by atoms with Gasteiger partial charge in [-0.15, -0.1) is 21.5 Å². The molecule has 3 aromatic heterocycles. The fourth-order valence-electron chi connectivity index (χ4n) is 2.59. The SMILES string of the molecule is CCOC(=O)c1sc2ncn(C(C)C(=O)Nc3nnc(CC)s3)c(=O)c2c1C. The number of aromatic nitrogens is 4. The predicted molar refractivity (Wildman–Crippen MR) is 107 cm³/mol. The normalized spacial score (nSPS) is 12.1. The van der Waals surface area contributed by atoms with E-state index >= 15 is 0 Å². The molecule has 0 saturated carbocycles. The summed E-state index contributed by atoms with van der Waals surface area (Å²) >= 11 is 2.39. The molecular formula is C17H19N5O4S2. The molecule has 0 saturated heterocycles. The number of amides is 1. The number of hydrogen-bond donors (Lipinski definition) is 1. The standard InChI is InChI=1S/C17H19N5O4S2/c1-5-10-20-21-17(27-10)19-13(23)9(4)22-7-18-14-11(15(22)24)8(3)12(28-14)16(25)26-6-2/h7,9H,5-6H2,1-4H3,(H,19,21,23). The van der Waals surface area contributed by atoms with Gasteiger partial charge < -0.3 is 4.74 Å². The number of hydrogen-bond acceptors (Lipinski definition) is 9. The number of rotatable bonds is 6. The summed E-state index contributed by atoms with van der Waals surface area (Å²) < 4.78 is 6.27. The van der Waals surface area contributed by atoms with Gasteiger partial charge in [-0.05, 0) is 32.8 Å². The molecule has 0 aliphatic carbocycles. The highest BCUT2D eigenvalue weighted by atomic mass is 32.1. The van der Waals surface area contributed by atoms with Gasteiger partial charge in [0.05, 0.1) is 18.3 Å². The lowest BCUT2D eigenvalue weighted by atomic mass is 10.2. The summed E-state index contributed by atoms with van der Waals surface area (Å²) in [7, 11) is 0. The first-order chi connectivity index (χ1) is 13.4. The van der Waals surface area contributed by atoms with Crippen LogP contribution in [0.25, 0.3) is 10.2 Å². The number of aryl methyl sites for hydroxylation is 2. The molecule has 0 aliphatic rings. The molecule has 148 valence electrons. The zero-order chi connectivity index (χ0) is 20.4. The Morgan fingerprint density at radius 3 is 2.68 bits per heavy atom. The van der Waals surface area contributed by atoms with Crippen molar-refractivity contribution in [3.8, 4) is 0 Å². The topological polar surface area (TPSA) is 116 Å². The molecule has 0 aliphatic heterocycles. The minimum absolute atomic E-state index is 0.243. The van der Waals surface area contributed by atoms with Crippen molar-refractivity contribution in [1.82, 2.24) is 19.7 Å². The van der Waals surface area contributed by atoms with E-state index in [1.54, 1.807) is 20.8 Å². The molecule has 0 aromatic carbocycles. The highest BCUT2D eigenvalue weighted by Gasteiger charge is 2.24. The lowest BCUT2D eigenvalue weighted by Crippen LogP contribution is -2.31. The Kier molecular flexibility index (Phi) is 5.84. The first-order valence-corrected chi connectivity index (χ1v) is 10.3. The highest BCUT2D eigenvalue weighted by Crippen LogP contribution is 2.28. The van der Waals surface area contributed by atoms with Crippen LogP contribution in [0, 0.1) is 6.92 Å². The molecule has 3 heterocycles. The van der Waals surface area contributed by atoms with Crippen LogP contribution in [-0.2, 0) is 16.0 Å². The number of anilines is 1. The van der Waals surface area contributed by atoms with E-state index in [0.29, 0.717) is 25.8 Å². The molecule has 0 bridgehead atoms. The third-order valence-corrected chi connectivity index (χ3v) is 6.30. The minimum Gasteiger partial charge on any atom is -0.462 e. The fraction of sp³-hybridized carbons (Fsp3) is 0.412. The number of carbonyl (C=O) groups is 2.